The molecule has 5 nitrogen and oxygen atoms in total. The summed E-state index contributed by atoms with van der Waals surface area (Å²) in [6, 6.07) is 1.99. The Morgan fingerprint density at radius 1 is 1.35 bits per heavy atom. The fourth-order valence-electron chi connectivity index (χ4n) is 3.08. The second-order valence-electron chi connectivity index (χ2n) is 6.68. The Hall–Kier alpha value is -1.56. The summed E-state index contributed by atoms with van der Waals surface area (Å²) in [4.78, 5) is 19.7. The third-order valence-electron chi connectivity index (χ3n) is 4.56. The molecule has 3 heterocycles. The molecule has 2 aromatic rings. The van der Waals surface area contributed by atoms with E-state index >= 15 is 0 Å². The van der Waals surface area contributed by atoms with Gasteiger partial charge in [-0.05, 0) is 24.8 Å². The standard InChI is InChI=1S/C17H21N3O2S/c1-10(2)15-14-12(17(21)20-5-7-23-8-6-20)9-13(11-3-4-11)18-16(14)22-19-15/h9-11H,3-8H2,1-2H3. The molecule has 0 radical (unpaired) electrons. The van der Waals surface area contributed by atoms with Gasteiger partial charge in [0.15, 0.2) is 0 Å². The number of fused-ring (bicyclic) bond motifs is 1. The molecule has 1 aliphatic heterocycles. The summed E-state index contributed by atoms with van der Waals surface area (Å²) in [6.45, 7) is 5.76. The first-order chi connectivity index (χ1) is 11.1. The molecule has 0 N–H and O–H groups in total. The number of rotatable bonds is 3. The average Bonchev–Trinajstić information content (AvgIpc) is 3.33. The van der Waals surface area contributed by atoms with Crippen molar-refractivity contribution >= 4 is 28.8 Å². The zero-order valence-electron chi connectivity index (χ0n) is 13.5. The molecule has 2 aliphatic rings. The first-order valence-corrected chi connectivity index (χ1v) is 9.48. The topological polar surface area (TPSA) is 59.2 Å². The lowest BCUT2D eigenvalue weighted by Gasteiger charge is -2.26. The summed E-state index contributed by atoms with van der Waals surface area (Å²) in [6.07, 6.45) is 2.30. The lowest BCUT2D eigenvalue weighted by Crippen LogP contribution is -2.38. The Bertz CT molecular complexity index is 746. The van der Waals surface area contributed by atoms with Gasteiger partial charge in [-0.1, -0.05) is 19.0 Å². The molecule has 4 rings (SSSR count). The fraction of sp³-hybridized carbons (Fsp3) is 0.588. The van der Waals surface area contributed by atoms with E-state index in [1.54, 1.807) is 0 Å². The molecule has 0 aromatic carbocycles. The van der Waals surface area contributed by atoms with Crippen molar-refractivity contribution in [1.29, 1.82) is 0 Å². The molecular weight excluding hydrogens is 310 g/mol. The fourth-order valence-corrected chi connectivity index (χ4v) is 3.98. The van der Waals surface area contributed by atoms with Gasteiger partial charge in [0.2, 0.25) is 0 Å². The Balaban J connectivity index is 1.84. The van der Waals surface area contributed by atoms with E-state index in [0.29, 0.717) is 11.6 Å². The number of hydrogen-bond donors (Lipinski definition) is 0. The lowest BCUT2D eigenvalue weighted by atomic mass is 10.0. The van der Waals surface area contributed by atoms with Gasteiger partial charge in [-0.2, -0.15) is 11.8 Å². The molecule has 122 valence electrons. The Morgan fingerprint density at radius 2 is 2.09 bits per heavy atom. The number of carbonyl (C=O) groups is 1. The predicted octanol–water partition coefficient (Wildman–Crippen LogP) is 3.41. The third kappa shape index (κ3) is 2.73. The minimum atomic E-state index is 0.102. The predicted molar refractivity (Wildman–Crippen MR) is 91.1 cm³/mol. The van der Waals surface area contributed by atoms with Crippen LogP contribution in [0.1, 0.15) is 60.3 Å². The number of carbonyl (C=O) groups excluding carboxylic acids is 1. The van der Waals surface area contributed by atoms with Crippen LogP contribution in [-0.2, 0) is 0 Å². The smallest absolute Gasteiger partial charge is 0.259 e. The summed E-state index contributed by atoms with van der Waals surface area (Å²) in [5, 5.41) is 5.00. The zero-order chi connectivity index (χ0) is 16.0. The van der Waals surface area contributed by atoms with Gasteiger partial charge in [0.1, 0.15) is 0 Å². The van der Waals surface area contributed by atoms with Gasteiger partial charge in [-0.25, -0.2) is 4.98 Å². The largest absolute Gasteiger partial charge is 0.337 e. The molecule has 23 heavy (non-hydrogen) atoms. The van der Waals surface area contributed by atoms with Crippen LogP contribution in [0.3, 0.4) is 0 Å². The number of nitrogens with zero attached hydrogens (tertiary/aromatic N) is 3. The van der Waals surface area contributed by atoms with E-state index in [1.807, 2.05) is 22.7 Å². The molecule has 1 aliphatic carbocycles. The van der Waals surface area contributed by atoms with Crippen LogP contribution in [0.25, 0.3) is 11.1 Å². The van der Waals surface area contributed by atoms with Crippen molar-refractivity contribution in [2.75, 3.05) is 24.6 Å². The Labute approximate surface area is 139 Å². The van der Waals surface area contributed by atoms with Crippen molar-refractivity contribution in [3.63, 3.8) is 0 Å². The summed E-state index contributed by atoms with van der Waals surface area (Å²) in [7, 11) is 0. The van der Waals surface area contributed by atoms with Gasteiger partial charge < -0.3 is 9.42 Å². The zero-order valence-corrected chi connectivity index (χ0v) is 14.4. The molecule has 0 spiro atoms. The first kappa shape index (κ1) is 15.0. The summed E-state index contributed by atoms with van der Waals surface area (Å²) in [5.74, 6) is 2.81. The van der Waals surface area contributed by atoms with E-state index in [9.17, 15) is 4.79 Å². The summed E-state index contributed by atoms with van der Waals surface area (Å²) >= 11 is 1.91. The third-order valence-corrected chi connectivity index (χ3v) is 5.51. The van der Waals surface area contributed by atoms with Crippen LogP contribution in [0.5, 0.6) is 0 Å². The van der Waals surface area contributed by atoms with Crippen LogP contribution in [-0.4, -0.2) is 45.5 Å². The van der Waals surface area contributed by atoms with Gasteiger partial charge in [0.05, 0.1) is 16.6 Å². The van der Waals surface area contributed by atoms with E-state index < -0.39 is 0 Å². The second-order valence-corrected chi connectivity index (χ2v) is 7.90. The number of hydrogen-bond acceptors (Lipinski definition) is 5. The van der Waals surface area contributed by atoms with Crippen LogP contribution in [0, 0.1) is 0 Å². The number of aromatic nitrogens is 2. The molecule has 0 atom stereocenters. The number of thioether (sulfide) groups is 1. The van der Waals surface area contributed by atoms with Crippen molar-refractivity contribution in [1.82, 2.24) is 15.0 Å². The molecule has 6 heteroatoms. The highest BCUT2D eigenvalue weighted by molar-refractivity contribution is 7.99. The Morgan fingerprint density at radius 3 is 2.74 bits per heavy atom. The molecule has 0 bridgehead atoms. The van der Waals surface area contributed by atoms with Gasteiger partial charge in [0, 0.05) is 36.2 Å². The second kappa shape index (κ2) is 5.82. The average molecular weight is 331 g/mol. The maximum atomic E-state index is 13.1. The van der Waals surface area contributed by atoms with E-state index in [4.69, 9.17) is 4.52 Å². The monoisotopic (exact) mass is 331 g/mol. The van der Waals surface area contributed by atoms with E-state index in [-0.39, 0.29) is 11.8 Å². The van der Waals surface area contributed by atoms with Crippen molar-refractivity contribution < 1.29 is 9.32 Å². The summed E-state index contributed by atoms with van der Waals surface area (Å²) in [5.41, 5.74) is 3.07. The summed E-state index contributed by atoms with van der Waals surface area (Å²) < 4.78 is 5.47. The SMILES string of the molecule is CC(C)c1noc2nc(C3CC3)cc(C(=O)N3CCSCC3)c12. The van der Waals surface area contributed by atoms with E-state index in [1.165, 1.54) is 0 Å². The first-order valence-electron chi connectivity index (χ1n) is 8.32. The van der Waals surface area contributed by atoms with Crippen LogP contribution in [0.4, 0.5) is 0 Å². The molecule has 2 fully saturated rings. The number of amides is 1. The molecule has 1 saturated carbocycles. The van der Waals surface area contributed by atoms with Gasteiger partial charge in [-0.15, -0.1) is 0 Å². The van der Waals surface area contributed by atoms with Crippen LogP contribution in [0.15, 0.2) is 10.6 Å². The Kier molecular flexibility index (Phi) is 3.79. The number of pyridine rings is 1. The van der Waals surface area contributed by atoms with Gasteiger partial charge in [-0.3, -0.25) is 4.79 Å². The highest BCUT2D eigenvalue weighted by Gasteiger charge is 2.31. The van der Waals surface area contributed by atoms with Crippen molar-refractivity contribution in [3.05, 3.63) is 23.0 Å². The van der Waals surface area contributed by atoms with Crippen molar-refractivity contribution in [2.24, 2.45) is 0 Å². The lowest BCUT2D eigenvalue weighted by molar-refractivity contribution is 0.0774. The van der Waals surface area contributed by atoms with Gasteiger partial charge in [0.25, 0.3) is 11.6 Å². The van der Waals surface area contributed by atoms with Crippen molar-refractivity contribution in [2.45, 2.75) is 38.5 Å². The van der Waals surface area contributed by atoms with E-state index in [0.717, 1.165) is 59.8 Å². The maximum absolute atomic E-state index is 13.1. The molecule has 0 unspecified atom stereocenters. The highest BCUT2D eigenvalue weighted by Crippen LogP contribution is 2.41. The quantitative estimate of drug-likeness (QED) is 0.862. The van der Waals surface area contributed by atoms with Crippen LogP contribution in [0.2, 0.25) is 0 Å². The van der Waals surface area contributed by atoms with Crippen LogP contribution < -0.4 is 0 Å². The molecule has 1 amide bonds. The molecule has 2 aromatic heterocycles. The maximum Gasteiger partial charge on any atom is 0.259 e. The molecule has 1 saturated heterocycles. The van der Waals surface area contributed by atoms with Crippen LogP contribution >= 0.6 is 11.8 Å². The molecular formula is C17H21N3O2S. The van der Waals surface area contributed by atoms with E-state index in [2.05, 4.69) is 24.0 Å². The highest BCUT2D eigenvalue weighted by atomic mass is 32.2. The normalized spacial score (nSPS) is 18.8. The van der Waals surface area contributed by atoms with Gasteiger partial charge >= 0.3 is 0 Å². The van der Waals surface area contributed by atoms with Crippen molar-refractivity contribution in [3.8, 4) is 0 Å². The minimum absolute atomic E-state index is 0.102. The minimum Gasteiger partial charge on any atom is -0.337 e.